The van der Waals surface area contributed by atoms with Gasteiger partial charge in [0.15, 0.2) is 11.5 Å². The molecule has 1 aromatic carbocycles. The number of hydrogen-bond acceptors (Lipinski definition) is 4. The molecule has 0 aliphatic heterocycles. The number of benzene rings is 1. The van der Waals surface area contributed by atoms with Crippen molar-refractivity contribution in [3.05, 3.63) is 23.8 Å². The number of aliphatic hydroxyl groups excluding tert-OH is 1. The van der Waals surface area contributed by atoms with E-state index in [9.17, 15) is 9.90 Å². The van der Waals surface area contributed by atoms with Crippen LogP contribution in [-0.2, 0) is 0 Å². The Bertz CT molecular complexity index is 455. The number of nitrogens with one attached hydrogen (secondary N) is 1. The third kappa shape index (κ3) is 3.61. The molecule has 0 heterocycles. The third-order valence-corrected chi connectivity index (χ3v) is 3.13. The van der Waals surface area contributed by atoms with Crippen LogP contribution in [0, 0.1) is 0 Å². The predicted octanol–water partition coefficient (Wildman–Crippen LogP) is 1.59. The first kappa shape index (κ1) is 15.3. The van der Waals surface area contributed by atoms with Gasteiger partial charge in [-0.05, 0) is 39.0 Å². The number of aliphatic hydroxyl groups is 1. The van der Waals surface area contributed by atoms with Crippen LogP contribution < -0.4 is 14.8 Å². The minimum absolute atomic E-state index is 0.271. The number of carbonyl (C=O) groups excluding carboxylic acids is 1. The second-order valence-corrected chi connectivity index (χ2v) is 4.92. The van der Waals surface area contributed by atoms with Crippen LogP contribution in [0.4, 0.5) is 0 Å². The summed E-state index contributed by atoms with van der Waals surface area (Å²) >= 11 is 0. The molecule has 5 nitrogen and oxygen atoms in total. The van der Waals surface area contributed by atoms with Crippen molar-refractivity contribution in [1.82, 2.24) is 5.32 Å². The molecule has 1 unspecified atom stereocenters. The van der Waals surface area contributed by atoms with Crippen molar-refractivity contribution < 1.29 is 19.4 Å². The van der Waals surface area contributed by atoms with E-state index < -0.39 is 11.6 Å². The van der Waals surface area contributed by atoms with Gasteiger partial charge >= 0.3 is 0 Å². The Morgan fingerprint density at radius 2 is 1.84 bits per heavy atom. The Kier molecular flexibility index (Phi) is 4.78. The van der Waals surface area contributed by atoms with Crippen molar-refractivity contribution in [3.63, 3.8) is 0 Å². The maximum absolute atomic E-state index is 12.1. The summed E-state index contributed by atoms with van der Waals surface area (Å²) in [4.78, 5) is 12.1. The van der Waals surface area contributed by atoms with Crippen LogP contribution in [0.5, 0.6) is 11.5 Å². The average molecular weight is 267 g/mol. The van der Waals surface area contributed by atoms with Gasteiger partial charge in [-0.3, -0.25) is 4.79 Å². The minimum Gasteiger partial charge on any atom is -0.493 e. The highest BCUT2D eigenvalue weighted by molar-refractivity contribution is 5.95. The molecule has 0 bridgehead atoms. The van der Waals surface area contributed by atoms with Gasteiger partial charge in [0.2, 0.25) is 0 Å². The lowest BCUT2D eigenvalue weighted by Gasteiger charge is -2.29. The zero-order chi connectivity index (χ0) is 14.6. The van der Waals surface area contributed by atoms with Crippen molar-refractivity contribution in [2.24, 2.45) is 0 Å². The lowest BCUT2D eigenvalue weighted by Crippen LogP contribution is -2.50. The largest absolute Gasteiger partial charge is 0.493 e. The molecule has 1 rings (SSSR count). The molecule has 106 valence electrons. The van der Waals surface area contributed by atoms with Crippen molar-refractivity contribution in [1.29, 1.82) is 0 Å². The Hall–Kier alpha value is -1.75. The molecule has 0 aromatic heterocycles. The quantitative estimate of drug-likeness (QED) is 0.850. The van der Waals surface area contributed by atoms with Gasteiger partial charge in [-0.15, -0.1) is 0 Å². The maximum Gasteiger partial charge on any atom is 0.251 e. The fraction of sp³-hybridized carbons (Fsp3) is 0.500. The fourth-order valence-corrected chi connectivity index (χ4v) is 1.45. The van der Waals surface area contributed by atoms with E-state index in [1.807, 2.05) is 0 Å². The molecule has 0 saturated heterocycles. The number of rotatable bonds is 5. The maximum atomic E-state index is 12.1. The van der Waals surface area contributed by atoms with Crippen molar-refractivity contribution in [3.8, 4) is 11.5 Å². The smallest absolute Gasteiger partial charge is 0.251 e. The van der Waals surface area contributed by atoms with Crippen LogP contribution in [0.3, 0.4) is 0 Å². The van der Waals surface area contributed by atoms with Gasteiger partial charge in [-0.25, -0.2) is 0 Å². The summed E-state index contributed by atoms with van der Waals surface area (Å²) in [5, 5.41) is 12.4. The van der Waals surface area contributed by atoms with Crippen molar-refractivity contribution in [2.75, 3.05) is 14.2 Å². The number of methoxy groups -OCH3 is 2. The predicted molar refractivity (Wildman–Crippen MR) is 72.8 cm³/mol. The molecule has 0 aliphatic rings. The second kappa shape index (κ2) is 5.93. The van der Waals surface area contributed by atoms with Crippen molar-refractivity contribution in [2.45, 2.75) is 32.4 Å². The van der Waals surface area contributed by atoms with E-state index in [2.05, 4.69) is 5.32 Å². The first-order valence-electron chi connectivity index (χ1n) is 6.04. The van der Waals surface area contributed by atoms with Gasteiger partial charge in [-0.2, -0.15) is 0 Å². The van der Waals surface area contributed by atoms with Crippen LogP contribution >= 0.6 is 0 Å². The molecule has 1 amide bonds. The highest BCUT2D eigenvalue weighted by Gasteiger charge is 2.26. The molecule has 0 fully saturated rings. The SMILES string of the molecule is COc1ccc(C(=O)NC(C)(C)C(C)O)cc1OC. The summed E-state index contributed by atoms with van der Waals surface area (Å²) < 4.78 is 10.3. The lowest BCUT2D eigenvalue weighted by molar-refractivity contribution is 0.0709. The molecule has 0 saturated carbocycles. The molecule has 0 spiro atoms. The van der Waals surface area contributed by atoms with Gasteiger partial charge in [-0.1, -0.05) is 0 Å². The van der Waals surface area contributed by atoms with E-state index >= 15 is 0 Å². The van der Waals surface area contributed by atoms with Gasteiger partial charge in [0.25, 0.3) is 5.91 Å². The minimum atomic E-state index is -0.704. The highest BCUT2D eigenvalue weighted by Crippen LogP contribution is 2.27. The van der Waals surface area contributed by atoms with Crippen LogP contribution in [0.2, 0.25) is 0 Å². The summed E-state index contributed by atoms with van der Waals surface area (Å²) in [6, 6.07) is 4.92. The van der Waals surface area contributed by atoms with Crippen LogP contribution in [0.25, 0.3) is 0 Å². The highest BCUT2D eigenvalue weighted by atomic mass is 16.5. The fourth-order valence-electron chi connectivity index (χ4n) is 1.45. The van der Waals surface area contributed by atoms with Gasteiger partial charge in [0.1, 0.15) is 0 Å². The molecule has 0 radical (unpaired) electrons. The number of hydrogen-bond donors (Lipinski definition) is 2. The molecule has 0 aliphatic carbocycles. The zero-order valence-corrected chi connectivity index (χ0v) is 12.0. The Morgan fingerprint density at radius 3 is 2.32 bits per heavy atom. The van der Waals surface area contributed by atoms with E-state index in [1.165, 1.54) is 14.2 Å². The molecule has 5 heteroatoms. The van der Waals surface area contributed by atoms with E-state index in [0.29, 0.717) is 17.1 Å². The molecule has 1 aromatic rings. The standard InChI is InChI=1S/C14H21NO4/c1-9(16)14(2,3)15-13(17)10-6-7-11(18-4)12(8-10)19-5/h6-9,16H,1-5H3,(H,15,17). The zero-order valence-electron chi connectivity index (χ0n) is 12.0. The summed E-state index contributed by atoms with van der Waals surface area (Å²) in [7, 11) is 3.05. The van der Waals surface area contributed by atoms with Gasteiger partial charge in [0, 0.05) is 5.56 Å². The van der Waals surface area contributed by atoms with E-state index in [4.69, 9.17) is 9.47 Å². The Labute approximate surface area is 113 Å². The van der Waals surface area contributed by atoms with Gasteiger partial charge < -0.3 is 19.9 Å². The second-order valence-electron chi connectivity index (χ2n) is 4.92. The first-order valence-corrected chi connectivity index (χ1v) is 6.04. The van der Waals surface area contributed by atoms with E-state index in [1.54, 1.807) is 39.0 Å². The van der Waals surface area contributed by atoms with Crippen molar-refractivity contribution >= 4 is 5.91 Å². The third-order valence-electron chi connectivity index (χ3n) is 3.13. The lowest BCUT2D eigenvalue weighted by atomic mass is 9.98. The molecular weight excluding hydrogens is 246 g/mol. The number of amides is 1. The van der Waals surface area contributed by atoms with E-state index in [-0.39, 0.29) is 5.91 Å². The monoisotopic (exact) mass is 267 g/mol. The van der Waals surface area contributed by atoms with Crippen LogP contribution in [0.1, 0.15) is 31.1 Å². The molecule has 1 atom stereocenters. The number of carbonyl (C=O) groups is 1. The molecular formula is C14H21NO4. The van der Waals surface area contributed by atoms with Gasteiger partial charge in [0.05, 0.1) is 25.9 Å². The summed E-state index contributed by atoms with van der Waals surface area (Å²) in [5.41, 5.74) is -0.254. The average Bonchev–Trinajstić information content (AvgIpc) is 2.37. The number of ether oxygens (including phenoxy) is 2. The van der Waals surface area contributed by atoms with Crippen LogP contribution in [0.15, 0.2) is 18.2 Å². The topological polar surface area (TPSA) is 67.8 Å². The summed E-state index contributed by atoms with van der Waals surface area (Å²) in [6.07, 6.45) is -0.656. The summed E-state index contributed by atoms with van der Waals surface area (Å²) in [5.74, 6) is 0.783. The summed E-state index contributed by atoms with van der Waals surface area (Å²) in [6.45, 7) is 5.15. The Balaban J connectivity index is 2.95. The Morgan fingerprint density at radius 1 is 1.26 bits per heavy atom. The molecule has 19 heavy (non-hydrogen) atoms. The van der Waals surface area contributed by atoms with E-state index in [0.717, 1.165) is 0 Å². The first-order chi connectivity index (χ1) is 8.81. The normalized spacial score (nSPS) is 12.7. The van der Waals surface area contributed by atoms with Crippen LogP contribution in [-0.4, -0.2) is 36.9 Å². The molecule has 2 N–H and O–H groups in total.